The molecule has 2 nitrogen and oxygen atoms in total. The van der Waals surface area contributed by atoms with Crippen molar-refractivity contribution < 1.29 is 0 Å². The zero-order chi connectivity index (χ0) is 13.9. The van der Waals surface area contributed by atoms with E-state index in [0.717, 1.165) is 22.1 Å². The number of hydrogen-bond donors (Lipinski definition) is 1. The minimum Gasteiger partial charge on any atom is -0.304 e. The van der Waals surface area contributed by atoms with Crippen LogP contribution >= 0.6 is 22.9 Å². The molecule has 20 heavy (non-hydrogen) atoms. The van der Waals surface area contributed by atoms with E-state index in [4.69, 9.17) is 11.6 Å². The van der Waals surface area contributed by atoms with Gasteiger partial charge in [0.25, 0.3) is 0 Å². The van der Waals surface area contributed by atoms with Crippen molar-refractivity contribution in [2.75, 3.05) is 0 Å². The van der Waals surface area contributed by atoms with Gasteiger partial charge in [0.2, 0.25) is 0 Å². The maximum Gasteiger partial charge on any atom is 0.108 e. The number of para-hydroxylation sites is 1. The molecule has 2 aromatic carbocycles. The third kappa shape index (κ3) is 3.01. The van der Waals surface area contributed by atoms with E-state index in [-0.39, 0.29) is 6.04 Å². The maximum absolute atomic E-state index is 6.02. The van der Waals surface area contributed by atoms with Crippen LogP contribution in [0.5, 0.6) is 0 Å². The number of aromatic nitrogens is 1. The van der Waals surface area contributed by atoms with E-state index in [9.17, 15) is 0 Å². The van der Waals surface area contributed by atoms with Crippen LogP contribution in [-0.4, -0.2) is 4.98 Å². The van der Waals surface area contributed by atoms with Crippen LogP contribution in [0.15, 0.2) is 48.5 Å². The van der Waals surface area contributed by atoms with Crippen molar-refractivity contribution >= 4 is 33.2 Å². The Morgan fingerprint density at radius 3 is 2.85 bits per heavy atom. The van der Waals surface area contributed by atoms with Crippen LogP contribution in [0.1, 0.15) is 23.5 Å². The molecule has 0 saturated heterocycles. The molecule has 1 aromatic heterocycles. The normalized spacial score (nSPS) is 12.7. The van der Waals surface area contributed by atoms with Gasteiger partial charge in [0.05, 0.1) is 10.2 Å². The second-order valence-electron chi connectivity index (χ2n) is 4.73. The highest BCUT2D eigenvalue weighted by Gasteiger charge is 2.07. The highest BCUT2D eigenvalue weighted by Crippen LogP contribution is 2.22. The van der Waals surface area contributed by atoms with Crippen molar-refractivity contribution in [3.63, 3.8) is 0 Å². The van der Waals surface area contributed by atoms with Crippen LogP contribution in [0.3, 0.4) is 0 Å². The lowest BCUT2D eigenvalue weighted by Gasteiger charge is -2.13. The second kappa shape index (κ2) is 5.92. The predicted molar refractivity (Wildman–Crippen MR) is 86.3 cm³/mol. The lowest BCUT2D eigenvalue weighted by molar-refractivity contribution is 0.574. The van der Waals surface area contributed by atoms with Crippen molar-refractivity contribution in [2.45, 2.75) is 19.5 Å². The Kier molecular flexibility index (Phi) is 4.01. The van der Waals surface area contributed by atoms with Gasteiger partial charge in [0, 0.05) is 17.6 Å². The van der Waals surface area contributed by atoms with E-state index in [2.05, 4.69) is 35.4 Å². The molecule has 0 aliphatic heterocycles. The van der Waals surface area contributed by atoms with E-state index < -0.39 is 0 Å². The molecule has 0 radical (unpaired) electrons. The van der Waals surface area contributed by atoms with Crippen molar-refractivity contribution in [3.05, 3.63) is 64.1 Å². The Balaban J connectivity index is 1.69. The fraction of sp³-hybridized carbons (Fsp3) is 0.188. The Morgan fingerprint density at radius 1 is 1.20 bits per heavy atom. The first-order valence-electron chi connectivity index (χ1n) is 6.55. The molecule has 4 heteroatoms. The molecule has 0 amide bonds. The summed E-state index contributed by atoms with van der Waals surface area (Å²) in [5.41, 5.74) is 2.27. The summed E-state index contributed by atoms with van der Waals surface area (Å²) in [6.07, 6.45) is 0. The largest absolute Gasteiger partial charge is 0.304 e. The first-order chi connectivity index (χ1) is 9.72. The lowest BCUT2D eigenvalue weighted by Crippen LogP contribution is -2.17. The summed E-state index contributed by atoms with van der Waals surface area (Å²) in [6, 6.07) is 16.4. The van der Waals surface area contributed by atoms with E-state index in [0.29, 0.717) is 0 Å². The summed E-state index contributed by atoms with van der Waals surface area (Å²) in [4.78, 5) is 4.63. The molecule has 1 heterocycles. The topological polar surface area (TPSA) is 24.9 Å². The number of nitrogens with one attached hydrogen (secondary N) is 1. The molecule has 0 saturated carbocycles. The van der Waals surface area contributed by atoms with Crippen LogP contribution in [0.25, 0.3) is 10.2 Å². The Morgan fingerprint density at radius 2 is 2.05 bits per heavy atom. The third-order valence-corrected chi connectivity index (χ3v) is 4.52. The number of nitrogens with zero attached hydrogens (tertiary/aromatic N) is 1. The Hall–Kier alpha value is -1.42. The Bertz CT molecular complexity index is 690. The molecule has 1 unspecified atom stereocenters. The molecule has 0 bridgehead atoms. The van der Waals surface area contributed by atoms with Gasteiger partial charge in [-0.15, -0.1) is 11.3 Å². The maximum atomic E-state index is 6.02. The first-order valence-corrected chi connectivity index (χ1v) is 7.75. The number of halogens is 1. The summed E-state index contributed by atoms with van der Waals surface area (Å²) in [5, 5.41) is 5.38. The van der Waals surface area contributed by atoms with Gasteiger partial charge in [-0.25, -0.2) is 4.98 Å². The molecule has 1 N–H and O–H groups in total. The third-order valence-electron chi connectivity index (χ3n) is 3.25. The molecule has 3 aromatic rings. The van der Waals surface area contributed by atoms with Crippen LogP contribution in [0, 0.1) is 0 Å². The number of hydrogen-bond acceptors (Lipinski definition) is 3. The molecule has 0 spiro atoms. The zero-order valence-corrected chi connectivity index (χ0v) is 12.7. The van der Waals surface area contributed by atoms with Crippen molar-refractivity contribution in [1.29, 1.82) is 0 Å². The van der Waals surface area contributed by atoms with Crippen LogP contribution in [-0.2, 0) is 6.54 Å². The quantitative estimate of drug-likeness (QED) is 0.749. The van der Waals surface area contributed by atoms with Gasteiger partial charge >= 0.3 is 0 Å². The van der Waals surface area contributed by atoms with Gasteiger partial charge in [-0.3, -0.25) is 0 Å². The van der Waals surface area contributed by atoms with E-state index >= 15 is 0 Å². The molecule has 0 fully saturated rings. The minimum atomic E-state index is 0.251. The van der Waals surface area contributed by atoms with Gasteiger partial charge in [-0.05, 0) is 36.8 Å². The average molecular weight is 303 g/mol. The number of benzene rings is 2. The monoisotopic (exact) mass is 302 g/mol. The lowest BCUT2D eigenvalue weighted by atomic mass is 10.1. The van der Waals surface area contributed by atoms with Crippen molar-refractivity contribution in [3.8, 4) is 0 Å². The highest BCUT2D eigenvalue weighted by molar-refractivity contribution is 7.18. The molecular weight excluding hydrogens is 288 g/mol. The molecule has 3 rings (SSSR count). The van der Waals surface area contributed by atoms with Crippen molar-refractivity contribution in [2.24, 2.45) is 0 Å². The van der Waals surface area contributed by atoms with E-state index in [1.165, 1.54) is 10.3 Å². The fourth-order valence-corrected chi connectivity index (χ4v) is 3.25. The zero-order valence-electron chi connectivity index (χ0n) is 11.1. The van der Waals surface area contributed by atoms with Gasteiger partial charge in [-0.2, -0.15) is 0 Å². The summed E-state index contributed by atoms with van der Waals surface area (Å²) < 4.78 is 1.24. The molecule has 102 valence electrons. The van der Waals surface area contributed by atoms with E-state index in [1.54, 1.807) is 11.3 Å². The van der Waals surface area contributed by atoms with Crippen molar-refractivity contribution in [1.82, 2.24) is 10.3 Å². The summed E-state index contributed by atoms with van der Waals surface area (Å²) in [7, 11) is 0. The SMILES string of the molecule is CC(NCc1nc2ccccc2s1)c1cccc(Cl)c1. The fourth-order valence-electron chi connectivity index (χ4n) is 2.13. The smallest absolute Gasteiger partial charge is 0.108 e. The summed E-state index contributed by atoms with van der Waals surface area (Å²) in [6.45, 7) is 2.91. The molecule has 0 aliphatic rings. The van der Waals surface area contributed by atoms with Crippen LogP contribution in [0.2, 0.25) is 5.02 Å². The number of fused-ring (bicyclic) bond motifs is 1. The molecular formula is C16H15ClN2S. The van der Waals surface area contributed by atoms with Gasteiger partial charge in [0.15, 0.2) is 0 Å². The van der Waals surface area contributed by atoms with Crippen LogP contribution in [0.4, 0.5) is 0 Å². The predicted octanol–water partition coefficient (Wildman–Crippen LogP) is 4.80. The average Bonchev–Trinajstić information content (AvgIpc) is 2.87. The summed E-state index contributed by atoms with van der Waals surface area (Å²) in [5.74, 6) is 0. The summed E-state index contributed by atoms with van der Waals surface area (Å²) >= 11 is 7.76. The highest BCUT2D eigenvalue weighted by atomic mass is 35.5. The second-order valence-corrected chi connectivity index (χ2v) is 6.28. The molecule has 1 atom stereocenters. The van der Waals surface area contributed by atoms with Gasteiger partial charge < -0.3 is 5.32 Å². The van der Waals surface area contributed by atoms with E-state index in [1.807, 2.05) is 30.3 Å². The Labute approximate surface area is 127 Å². The number of thiazole rings is 1. The standard InChI is InChI=1S/C16H15ClN2S/c1-11(12-5-4-6-13(17)9-12)18-10-16-19-14-7-2-3-8-15(14)20-16/h2-9,11,18H,10H2,1H3. The van der Waals surface area contributed by atoms with Crippen LogP contribution < -0.4 is 5.32 Å². The first kappa shape index (κ1) is 13.6. The number of rotatable bonds is 4. The molecule has 0 aliphatic carbocycles. The van der Waals surface area contributed by atoms with Gasteiger partial charge in [0.1, 0.15) is 5.01 Å². The minimum absolute atomic E-state index is 0.251. The van der Waals surface area contributed by atoms with Gasteiger partial charge in [-0.1, -0.05) is 35.9 Å².